The van der Waals surface area contributed by atoms with Crippen LogP contribution in [0.1, 0.15) is 52.9 Å². The SMILES string of the molecule is CCCCC(/C=C(\CC)CO)CC. The van der Waals surface area contributed by atoms with Crippen LogP contribution in [0.15, 0.2) is 11.6 Å². The fraction of sp³-hybridized carbons (Fsp3) is 0.833. The van der Waals surface area contributed by atoms with Crippen molar-refractivity contribution in [2.75, 3.05) is 6.61 Å². The molecule has 0 aromatic rings. The second-order valence-electron chi connectivity index (χ2n) is 3.65. The molecule has 0 aromatic carbocycles. The first-order chi connectivity index (χ1) is 6.28. The molecule has 1 N–H and O–H groups in total. The number of allylic oxidation sites excluding steroid dienone is 1. The van der Waals surface area contributed by atoms with E-state index in [0.717, 1.165) is 6.42 Å². The van der Waals surface area contributed by atoms with Gasteiger partial charge in [0.25, 0.3) is 0 Å². The average Bonchev–Trinajstić information content (AvgIpc) is 2.19. The monoisotopic (exact) mass is 184 g/mol. The maximum atomic E-state index is 9.03. The van der Waals surface area contributed by atoms with Crippen LogP contribution < -0.4 is 0 Å². The average molecular weight is 184 g/mol. The molecule has 1 atom stereocenters. The van der Waals surface area contributed by atoms with Crippen molar-refractivity contribution in [2.45, 2.75) is 52.9 Å². The number of hydrogen-bond acceptors (Lipinski definition) is 1. The Hall–Kier alpha value is -0.300. The van der Waals surface area contributed by atoms with Crippen molar-refractivity contribution in [1.82, 2.24) is 0 Å². The second-order valence-corrected chi connectivity index (χ2v) is 3.65. The Morgan fingerprint density at radius 2 is 2.00 bits per heavy atom. The molecular weight excluding hydrogens is 160 g/mol. The first-order valence-electron chi connectivity index (χ1n) is 5.58. The number of rotatable bonds is 7. The first kappa shape index (κ1) is 12.7. The van der Waals surface area contributed by atoms with Crippen molar-refractivity contribution in [1.29, 1.82) is 0 Å². The minimum Gasteiger partial charge on any atom is -0.392 e. The molecule has 0 aliphatic heterocycles. The van der Waals surface area contributed by atoms with Gasteiger partial charge in [0.2, 0.25) is 0 Å². The number of hydrogen-bond donors (Lipinski definition) is 1. The van der Waals surface area contributed by atoms with Crippen LogP contribution >= 0.6 is 0 Å². The fourth-order valence-electron chi connectivity index (χ4n) is 1.49. The lowest BCUT2D eigenvalue weighted by Gasteiger charge is -2.11. The summed E-state index contributed by atoms with van der Waals surface area (Å²) in [5.74, 6) is 0.682. The molecular formula is C12H24O. The van der Waals surface area contributed by atoms with Crippen LogP contribution in [0.4, 0.5) is 0 Å². The van der Waals surface area contributed by atoms with Gasteiger partial charge in [-0.1, -0.05) is 39.7 Å². The molecule has 0 amide bonds. The summed E-state index contributed by atoms with van der Waals surface area (Å²) in [5, 5.41) is 9.03. The van der Waals surface area contributed by atoms with E-state index >= 15 is 0 Å². The van der Waals surface area contributed by atoms with Crippen LogP contribution in [0.25, 0.3) is 0 Å². The largest absolute Gasteiger partial charge is 0.392 e. The predicted octanol–water partition coefficient (Wildman–Crippen LogP) is 3.53. The zero-order chi connectivity index (χ0) is 10.1. The molecule has 13 heavy (non-hydrogen) atoms. The van der Waals surface area contributed by atoms with Crippen molar-refractivity contribution >= 4 is 0 Å². The van der Waals surface area contributed by atoms with Crippen LogP contribution in [0.2, 0.25) is 0 Å². The van der Waals surface area contributed by atoms with E-state index in [4.69, 9.17) is 5.11 Å². The second kappa shape index (κ2) is 8.31. The van der Waals surface area contributed by atoms with E-state index in [1.165, 1.54) is 31.3 Å². The van der Waals surface area contributed by atoms with Gasteiger partial charge < -0.3 is 5.11 Å². The molecule has 0 rings (SSSR count). The quantitative estimate of drug-likeness (QED) is 0.600. The van der Waals surface area contributed by atoms with Crippen LogP contribution in [0.3, 0.4) is 0 Å². The van der Waals surface area contributed by atoms with Crippen LogP contribution in [0.5, 0.6) is 0 Å². The van der Waals surface area contributed by atoms with Gasteiger partial charge in [-0.25, -0.2) is 0 Å². The topological polar surface area (TPSA) is 20.2 Å². The summed E-state index contributed by atoms with van der Waals surface area (Å²) in [5.41, 5.74) is 1.20. The minimum atomic E-state index is 0.235. The van der Waals surface area contributed by atoms with Gasteiger partial charge in [0, 0.05) is 0 Å². The highest BCUT2D eigenvalue weighted by molar-refractivity contribution is 5.03. The molecule has 0 spiro atoms. The molecule has 0 fully saturated rings. The van der Waals surface area contributed by atoms with Crippen molar-refractivity contribution in [3.8, 4) is 0 Å². The van der Waals surface area contributed by atoms with E-state index in [9.17, 15) is 0 Å². The Morgan fingerprint density at radius 1 is 1.31 bits per heavy atom. The van der Waals surface area contributed by atoms with Gasteiger partial charge in [0.05, 0.1) is 6.61 Å². The number of aliphatic hydroxyl groups is 1. The van der Waals surface area contributed by atoms with Crippen LogP contribution in [-0.2, 0) is 0 Å². The molecule has 1 heteroatoms. The van der Waals surface area contributed by atoms with Gasteiger partial charge in [0.1, 0.15) is 0 Å². The van der Waals surface area contributed by atoms with Crippen LogP contribution in [0, 0.1) is 5.92 Å². The van der Waals surface area contributed by atoms with E-state index in [1.54, 1.807) is 0 Å². The highest BCUT2D eigenvalue weighted by atomic mass is 16.3. The summed E-state index contributed by atoms with van der Waals surface area (Å²) in [6, 6.07) is 0. The molecule has 0 aliphatic carbocycles. The van der Waals surface area contributed by atoms with E-state index in [-0.39, 0.29) is 6.61 Å². The van der Waals surface area contributed by atoms with Gasteiger partial charge >= 0.3 is 0 Å². The van der Waals surface area contributed by atoms with Gasteiger partial charge in [0.15, 0.2) is 0 Å². The molecule has 0 saturated heterocycles. The Morgan fingerprint density at radius 3 is 2.38 bits per heavy atom. The lowest BCUT2D eigenvalue weighted by Crippen LogP contribution is -1.98. The van der Waals surface area contributed by atoms with Crippen molar-refractivity contribution in [2.24, 2.45) is 5.92 Å². The highest BCUT2D eigenvalue weighted by Crippen LogP contribution is 2.16. The van der Waals surface area contributed by atoms with Crippen molar-refractivity contribution < 1.29 is 5.11 Å². The molecule has 0 bridgehead atoms. The molecule has 0 heterocycles. The third kappa shape index (κ3) is 5.87. The first-order valence-corrected chi connectivity index (χ1v) is 5.58. The Kier molecular flexibility index (Phi) is 8.11. The van der Waals surface area contributed by atoms with Gasteiger partial charge in [-0.2, -0.15) is 0 Å². The molecule has 0 aromatic heterocycles. The molecule has 1 nitrogen and oxygen atoms in total. The third-order valence-electron chi connectivity index (χ3n) is 2.58. The Bertz CT molecular complexity index is 132. The van der Waals surface area contributed by atoms with E-state index in [2.05, 4.69) is 26.8 Å². The molecule has 0 radical (unpaired) electrons. The molecule has 1 unspecified atom stereocenters. The molecule has 0 saturated carbocycles. The van der Waals surface area contributed by atoms with Gasteiger partial charge in [-0.15, -0.1) is 0 Å². The summed E-state index contributed by atoms with van der Waals surface area (Å²) in [6.07, 6.45) is 8.30. The lowest BCUT2D eigenvalue weighted by atomic mass is 9.96. The Balaban J connectivity index is 3.98. The lowest BCUT2D eigenvalue weighted by molar-refractivity contribution is 0.325. The third-order valence-corrected chi connectivity index (χ3v) is 2.58. The number of unbranched alkanes of at least 4 members (excludes halogenated alkanes) is 1. The molecule has 78 valence electrons. The van der Waals surface area contributed by atoms with Crippen molar-refractivity contribution in [3.05, 3.63) is 11.6 Å². The standard InChI is InChI=1S/C12H24O/c1-4-7-8-11(5-2)9-12(6-3)10-13/h9,11,13H,4-8,10H2,1-3H3/b12-9+. The maximum absolute atomic E-state index is 9.03. The van der Waals surface area contributed by atoms with Crippen LogP contribution in [-0.4, -0.2) is 11.7 Å². The van der Waals surface area contributed by atoms with E-state index < -0.39 is 0 Å². The predicted molar refractivity (Wildman–Crippen MR) is 58.8 cm³/mol. The summed E-state index contributed by atoms with van der Waals surface area (Å²) in [4.78, 5) is 0. The zero-order valence-corrected chi connectivity index (χ0v) is 9.34. The zero-order valence-electron chi connectivity index (χ0n) is 9.34. The van der Waals surface area contributed by atoms with E-state index in [1.807, 2.05) is 0 Å². The summed E-state index contributed by atoms with van der Waals surface area (Å²) in [7, 11) is 0. The highest BCUT2D eigenvalue weighted by Gasteiger charge is 2.03. The summed E-state index contributed by atoms with van der Waals surface area (Å²) >= 11 is 0. The number of aliphatic hydroxyl groups excluding tert-OH is 1. The Labute approximate surface area is 82.9 Å². The fourth-order valence-corrected chi connectivity index (χ4v) is 1.49. The molecule has 0 aliphatic rings. The minimum absolute atomic E-state index is 0.235. The van der Waals surface area contributed by atoms with Crippen molar-refractivity contribution in [3.63, 3.8) is 0 Å². The smallest absolute Gasteiger partial charge is 0.0641 e. The normalized spacial score (nSPS) is 14.6. The maximum Gasteiger partial charge on any atom is 0.0641 e. The van der Waals surface area contributed by atoms with Gasteiger partial charge in [-0.05, 0) is 30.8 Å². The summed E-state index contributed by atoms with van der Waals surface area (Å²) in [6.45, 7) is 6.79. The summed E-state index contributed by atoms with van der Waals surface area (Å²) < 4.78 is 0. The van der Waals surface area contributed by atoms with E-state index in [0.29, 0.717) is 5.92 Å². The van der Waals surface area contributed by atoms with Gasteiger partial charge in [-0.3, -0.25) is 0 Å².